The Bertz CT molecular complexity index is 386. The minimum Gasteiger partial charge on any atom is -0.382 e. The number of benzene rings is 1. The molecule has 0 fully saturated rings. The Kier molecular flexibility index (Phi) is 4.04. The fraction of sp³-hybridized carbons (Fsp3) is 0.417. The van der Waals surface area contributed by atoms with E-state index in [1.165, 1.54) is 10.5 Å². The maximum atomic E-state index is 10.6. The summed E-state index contributed by atoms with van der Waals surface area (Å²) in [6, 6.07) is 8.35. The molecular formula is C12H16N2O2S. The van der Waals surface area contributed by atoms with Gasteiger partial charge in [0, 0.05) is 23.2 Å². The van der Waals surface area contributed by atoms with Gasteiger partial charge in [-0.15, -0.1) is 11.8 Å². The van der Waals surface area contributed by atoms with Crippen molar-refractivity contribution in [1.82, 2.24) is 5.32 Å². The van der Waals surface area contributed by atoms with E-state index in [0.717, 1.165) is 13.0 Å². The van der Waals surface area contributed by atoms with Crippen LogP contribution >= 0.6 is 11.8 Å². The van der Waals surface area contributed by atoms with Crippen LogP contribution in [0.2, 0.25) is 0 Å². The fourth-order valence-electron chi connectivity index (χ4n) is 1.85. The van der Waals surface area contributed by atoms with Gasteiger partial charge >= 0.3 is 0 Å². The minimum atomic E-state index is -1.09. The monoisotopic (exact) mass is 252 g/mol. The number of thioether (sulfide) groups is 1. The van der Waals surface area contributed by atoms with Crippen LogP contribution in [-0.2, 0) is 11.2 Å². The molecule has 0 radical (unpaired) electrons. The van der Waals surface area contributed by atoms with Crippen molar-refractivity contribution < 1.29 is 9.90 Å². The molecule has 5 heteroatoms. The van der Waals surface area contributed by atoms with E-state index in [1.54, 1.807) is 0 Å². The second kappa shape index (κ2) is 5.53. The van der Waals surface area contributed by atoms with Crippen molar-refractivity contribution in [2.24, 2.45) is 5.73 Å². The number of fused-ring (bicyclic) bond motifs is 1. The molecule has 1 amide bonds. The molecule has 2 atom stereocenters. The summed E-state index contributed by atoms with van der Waals surface area (Å²) in [7, 11) is 0. The van der Waals surface area contributed by atoms with Gasteiger partial charge in [-0.05, 0) is 18.1 Å². The van der Waals surface area contributed by atoms with Crippen LogP contribution in [0.5, 0.6) is 0 Å². The smallest absolute Gasteiger partial charge is 0.247 e. The molecule has 0 saturated carbocycles. The zero-order chi connectivity index (χ0) is 12.3. The maximum absolute atomic E-state index is 10.6. The van der Waals surface area contributed by atoms with E-state index in [4.69, 9.17) is 5.73 Å². The van der Waals surface area contributed by atoms with Crippen molar-refractivity contribution in [2.75, 3.05) is 13.1 Å². The number of aliphatic hydroxyl groups is 1. The molecule has 17 heavy (non-hydrogen) atoms. The molecule has 2 rings (SSSR count). The van der Waals surface area contributed by atoms with Crippen LogP contribution in [0.4, 0.5) is 0 Å². The second-order valence-electron chi connectivity index (χ2n) is 4.13. The molecule has 0 spiro atoms. The Labute approximate surface area is 105 Å². The summed E-state index contributed by atoms with van der Waals surface area (Å²) < 4.78 is 0. The van der Waals surface area contributed by atoms with Crippen molar-refractivity contribution in [2.45, 2.75) is 22.7 Å². The number of amides is 1. The highest BCUT2D eigenvalue weighted by molar-refractivity contribution is 8.00. The molecule has 1 heterocycles. The summed E-state index contributed by atoms with van der Waals surface area (Å²) in [6.45, 7) is 0.992. The molecule has 0 saturated heterocycles. The van der Waals surface area contributed by atoms with E-state index in [9.17, 15) is 9.90 Å². The summed E-state index contributed by atoms with van der Waals surface area (Å²) >= 11 is 1.84. The highest BCUT2D eigenvalue weighted by Gasteiger charge is 2.21. The lowest BCUT2D eigenvalue weighted by Crippen LogP contribution is -2.39. The largest absolute Gasteiger partial charge is 0.382 e. The van der Waals surface area contributed by atoms with Gasteiger partial charge in [0.05, 0.1) is 0 Å². The van der Waals surface area contributed by atoms with Crippen LogP contribution < -0.4 is 11.1 Å². The van der Waals surface area contributed by atoms with Crippen molar-refractivity contribution in [3.63, 3.8) is 0 Å². The normalized spacial score (nSPS) is 19.9. The molecule has 0 aliphatic carbocycles. The van der Waals surface area contributed by atoms with Crippen molar-refractivity contribution in [1.29, 1.82) is 0 Å². The molecule has 1 aliphatic heterocycles. The first kappa shape index (κ1) is 12.4. The number of primary amides is 1. The van der Waals surface area contributed by atoms with Crippen LogP contribution in [-0.4, -0.2) is 35.5 Å². The first-order valence-electron chi connectivity index (χ1n) is 5.59. The maximum Gasteiger partial charge on any atom is 0.247 e. The topological polar surface area (TPSA) is 75.4 Å². The number of carbonyl (C=O) groups excluding carboxylic acids is 1. The molecule has 0 bridgehead atoms. The van der Waals surface area contributed by atoms with Gasteiger partial charge in [0.15, 0.2) is 0 Å². The van der Waals surface area contributed by atoms with Gasteiger partial charge < -0.3 is 16.2 Å². The first-order chi connectivity index (χ1) is 8.16. The van der Waals surface area contributed by atoms with Crippen LogP contribution in [0.1, 0.15) is 5.56 Å². The molecule has 1 aromatic rings. The Morgan fingerprint density at radius 1 is 1.59 bits per heavy atom. The van der Waals surface area contributed by atoms with E-state index >= 15 is 0 Å². The third kappa shape index (κ3) is 3.21. The van der Waals surface area contributed by atoms with Crippen molar-refractivity contribution in [3.8, 4) is 0 Å². The number of hydrogen-bond acceptors (Lipinski definition) is 4. The van der Waals surface area contributed by atoms with E-state index < -0.39 is 12.0 Å². The second-order valence-corrected chi connectivity index (χ2v) is 5.47. The van der Waals surface area contributed by atoms with Crippen LogP contribution in [0.25, 0.3) is 0 Å². The number of carbonyl (C=O) groups is 1. The summed E-state index contributed by atoms with van der Waals surface area (Å²) in [5.74, 6) is -0.681. The van der Waals surface area contributed by atoms with E-state index in [2.05, 4.69) is 17.4 Å². The van der Waals surface area contributed by atoms with E-state index in [-0.39, 0.29) is 6.54 Å². The number of nitrogens with one attached hydrogen (secondary N) is 1. The van der Waals surface area contributed by atoms with Crippen LogP contribution in [0, 0.1) is 0 Å². The van der Waals surface area contributed by atoms with Crippen molar-refractivity contribution >= 4 is 17.7 Å². The van der Waals surface area contributed by atoms with E-state index in [0.29, 0.717) is 5.25 Å². The summed E-state index contributed by atoms with van der Waals surface area (Å²) in [6.07, 6.45) is -0.0654. The van der Waals surface area contributed by atoms with Crippen LogP contribution in [0.3, 0.4) is 0 Å². The summed E-state index contributed by atoms with van der Waals surface area (Å²) in [5, 5.41) is 12.8. The quantitative estimate of drug-likeness (QED) is 0.697. The highest BCUT2D eigenvalue weighted by atomic mass is 32.2. The van der Waals surface area contributed by atoms with Crippen molar-refractivity contribution in [3.05, 3.63) is 29.8 Å². The van der Waals surface area contributed by atoms with Crippen LogP contribution in [0.15, 0.2) is 29.2 Å². The predicted octanol–water partition coefficient (Wildman–Crippen LogP) is 0.139. The molecule has 92 valence electrons. The average Bonchev–Trinajstić information content (AvgIpc) is 2.71. The lowest BCUT2D eigenvalue weighted by atomic mass is 10.1. The van der Waals surface area contributed by atoms with Gasteiger partial charge in [-0.2, -0.15) is 0 Å². The Balaban J connectivity index is 1.75. The first-order valence-corrected chi connectivity index (χ1v) is 6.47. The standard InChI is InChI=1S/C12H16N2O2S/c13-12(16)10(15)7-14-6-9-5-8-3-1-2-4-11(8)17-9/h1-4,9-10,14-15H,5-7H2,(H2,13,16). The highest BCUT2D eigenvalue weighted by Crippen LogP contribution is 2.36. The van der Waals surface area contributed by atoms with Gasteiger partial charge in [-0.1, -0.05) is 18.2 Å². The third-order valence-electron chi connectivity index (χ3n) is 2.75. The lowest BCUT2D eigenvalue weighted by Gasteiger charge is -2.11. The van der Waals surface area contributed by atoms with Gasteiger partial charge in [-0.25, -0.2) is 0 Å². The van der Waals surface area contributed by atoms with Gasteiger partial charge in [0.1, 0.15) is 6.10 Å². The molecule has 4 nitrogen and oxygen atoms in total. The predicted molar refractivity (Wildman–Crippen MR) is 67.9 cm³/mol. The summed E-state index contributed by atoms with van der Waals surface area (Å²) in [4.78, 5) is 12.0. The van der Waals surface area contributed by atoms with E-state index in [1.807, 2.05) is 23.9 Å². The molecule has 2 unspecified atom stereocenters. The Morgan fingerprint density at radius 2 is 2.35 bits per heavy atom. The molecule has 1 aliphatic rings. The fourth-order valence-corrected chi connectivity index (χ4v) is 3.13. The molecule has 0 aromatic heterocycles. The van der Waals surface area contributed by atoms with Gasteiger partial charge in [0.25, 0.3) is 0 Å². The average molecular weight is 252 g/mol. The SMILES string of the molecule is NC(=O)C(O)CNCC1Cc2ccccc2S1. The lowest BCUT2D eigenvalue weighted by molar-refractivity contribution is -0.125. The Morgan fingerprint density at radius 3 is 3.06 bits per heavy atom. The Hall–Kier alpha value is -1.04. The zero-order valence-corrected chi connectivity index (χ0v) is 10.2. The number of aliphatic hydroxyl groups excluding tert-OH is 1. The van der Waals surface area contributed by atoms with Gasteiger partial charge in [0.2, 0.25) is 5.91 Å². The minimum absolute atomic E-state index is 0.225. The third-order valence-corrected chi connectivity index (χ3v) is 4.07. The van der Waals surface area contributed by atoms with Gasteiger partial charge in [-0.3, -0.25) is 4.79 Å². The number of rotatable bonds is 5. The zero-order valence-electron chi connectivity index (χ0n) is 9.43. The number of nitrogens with two attached hydrogens (primary N) is 1. The summed E-state index contributed by atoms with van der Waals surface area (Å²) in [5.41, 5.74) is 6.34. The molecule has 4 N–H and O–H groups in total. The molecule has 1 aromatic carbocycles. The molecular weight excluding hydrogens is 236 g/mol. The number of hydrogen-bond donors (Lipinski definition) is 3.